The van der Waals surface area contributed by atoms with Crippen molar-refractivity contribution in [2.45, 2.75) is 89.1 Å². The Morgan fingerprint density at radius 2 is 0.800 bits per heavy atom. The zero-order valence-electron chi connectivity index (χ0n) is 17.5. The van der Waals surface area contributed by atoms with Gasteiger partial charge in [-0.2, -0.15) is 0 Å². The van der Waals surface area contributed by atoms with E-state index in [4.69, 9.17) is 0 Å². The number of aliphatic carboxylic acids is 2. The van der Waals surface area contributed by atoms with Gasteiger partial charge in [0.2, 0.25) is 11.8 Å². The third-order valence-corrected chi connectivity index (χ3v) is 7.26. The van der Waals surface area contributed by atoms with Crippen molar-refractivity contribution in [3.8, 4) is 0 Å². The van der Waals surface area contributed by atoms with Crippen molar-refractivity contribution in [2.24, 2.45) is 23.7 Å². The number of carbonyl (C=O) groups excluding carboxylic acids is 2. The van der Waals surface area contributed by atoms with Crippen LogP contribution < -0.4 is 10.6 Å². The van der Waals surface area contributed by atoms with Gasteiger partial charge in [-0.25, -0.2) is 0 Å². The summed E-state index contributed by atoms with van der Waals surface area (Å²) in [5.74, 6) is -4.62. The minimum atomic E-state index is -0.916. The number of carboxylic acid groups (broad SMARTS) is 2. The second-order valence-electron chi connectivity index (χ2n) is 9.19. The molecular formula is C22H34N2O6. The third-order valence-electron chi connectivity index (χ3n) is 7.26. The number of nitrogens with one attached hydrogen (secondary N) is 2. The first-order chi connectivity index (χ1) is 14.4. The summed E-state index contributed by atoms with van der Waals surface area (Å²) in [5.41, 5.74) is 0. The molecule has 0 saturated heterocycles. The monoisotopic (exact) mass is 422 g/mol. The molecule has 6 atom stereocenters. The molecule has 0 radical (unpaired) electrons. The summed E-state index contributed by atoms with van der Waals surface area (Å²) >= 11 is 0. The summed E-state index contributed by atoms with van der Waals surface area (Å²) in [6.45, 7) is 0. The smallest absolute Gasteiger partial charge is 0.307 e. The normalized spacial score (nSPS) is 34.5. The van der Waals surface area contributed by atoms with Gasteiger partial charge in [0.1, 0.15) is 0 Å². The maximum absolute atomic E-state index is 12.9. The first kappa shape index (κ1) is 22.6. The summed E-state index contributed by atoms with van der Waals surface area (Å²) in [4.78, 5) is 48.9. The van der Waals surface area contributed by atoms with Gasteiger partial charge >= 0.3 is 11.9 Å². The second-order valence-corrected chi connectivity index (χ2v) is 9.19. The van der Waals surface area contributed by atoms with Crippen LogP contribution in [0.5, 0.6) is 0 Å². The summed E-state index contributed by atoms with van der Waals surface area (Å²) in [6, 6.07) is -0.475. The van der Waals surface area contributed by atoms with Crippen LogP contribution in [0.4, 0.5) is 0 Å². The number of carbonyl (C=O) groups is 4. The molecule has 2 amide bonds. The van der Waals surface area contributed by atoms with E-state index in [1.807, 2.05) is 0 Å². The highest BCUT2D eigenvalue weighted by Gasteiger charge is 2.40. The molecule has 0 aromatic heterocycles. The average Bonchev–Trinajstić information content (AvgIpc) is 2.75. The first-order valence-corrected chi connectivity index (χ1v) is 11.4. The highest BCUT2D eigenvalue weighted by Crippen LogP contribution is 2.32. The van der Waals surface area contributed by atoms with E-state index < -0.39 is 35.6 Å². The Hall–Kier alpha value is -2.12. The van der Waals surface area contributed by atoms with Gasteiger partial charge in [-0.15, -0.1) is 0 Å². The van der Waals surface area contributed by atoms with Crippen molar-refractivity contribution in [3.05, 3.63) is 0 Å². The predicted molar refractivity (Wildman–Crippen MR) is 108 cm³/mol. The molecule has 0 unspecified atom stereocenters. The molecule has 8 nitrogen and oxygen atoms in total. The minimum Gasteiger partial charge on any atom is -0.481 e. The highest BCUT2D eigenvalue weighted by atomic mass is 16.4. The van der Waals surface area contributed by atoms with E-state index in [1.165, 1.54) is 0 Å². The van der Waals surface area contributed by atoms with Crippen molar-refractivity contribution < 1.29 is 29.4 Å². The summed E-state index contributed by atoms with van der Waals surface area (Å²) in [5, 5.41) is 25.0. The lowest BCUT2D eigenvalue weighted by Gasteiger charge is -2.37. The molecule has 3 fully saturated rings. The Kier molecular flexibility index (Phi) is 7.72. The first-order valence-electron chi connectivity index (χ1n) is 11.4. The zero-order valence-corrected chi connectivity index (χ0v) is 17.5. The minimum absolute atomic E-state index is 0.227. The van der Waals surface area contributed by atoms with E-state index in [2.05, 4.69) is 10.6 Å². The molecule has 0 bridgehead atoms. The number of hydrogen-bond acceptors (Lipinski definition) is 4. The molecule has 3 aliphatic rings. The van der Waals surface area contributed by atoms with E-state index in [-0.39, 0.29) is 23.9 Å². The molecule has 3 aliphatic carbocycles. The largest absolute Gasteiger partial charge is 0.481 e. The van der Waals surface area contributed by atoms with Crippen molar-refractivity contribution >= 4 is 23.8 Å². The fourth-order valence-corrected chi connectivity index (χ4v) is 5.54. The number of hydrogen-bond donors (Lipinski definition) is 4. The van der Waals surface area contributed by atoms with Gasteiger partial charge in [-0.05, 0) is 38.5 Å². The Morgan fingerprint density at radius 3 is 1.13 bits per heavy atom. The standard InChI is InChI=1S/C22H34N2O6/c25-19(13-7-1-3-9-15(13)21(27)28)23-17-11-5-6-12-18(17)24-20(26)14-8-2-4-10-16(14)22(29)30/h13-18H,1-12H2,(H,23,25)(H,24,26)(H,27,28)(H,29,30)/t13-,14+,15-,16-,17+,18-/m1/s1. The van der Waals surface area contributed by atoms with Gasteiger partial charge < -0.3 is 20.8 Å². The van der Waals surface area contributed by atoms with E-state index in [9.17, 15) is 29.4 Å². The van der Waals surface area contributed by atoms with E-state index >= 15 is 0 Å². The number of amides is 2. The molecular weight excluding hydrogens is 388 g/mol. The summed E-state index contributed by atoms with van der Waals surface area (Å²) in [7, 11) is 0. The maximum Gasteiger partial charge on any atom is 0.307 e. The Morgan fingerprint density at radius 1 is 0.500 bits per heavy atom. The molecule has 0 aliphatic heterocycles. The Balaban J connectivity index is 1.63. The molecule has 0 aromatic rings. The van der Waals surface area contributed by atoms with Crippen molar-refractivity contribution in [3.63, 3.8) is 0 Å². The Labute approximate surface area is 177 Å². The average molecular weight is 423 g/mol. The molecule has 0 spiro atoms. The molecule has 30 heavy (non-hydrogen) atoms. The number of rotatable bonds is 6. The number of carboxylic acids is 2. The molecule has 0 heterocycles. The highest BCUT2D eigenvalue weighted by molar-refractivity contribution is 5.86. The zero-order chi connectivity index (χ0) is 21.7. The van der Waals surface area contributed by atoms with E-state index in [0.29, 0.717) is 25.7 Å². The quantitative estimate of drug-likeness (QED) is 0.519. The predicted octanol–water partition coefficient (Wildman–Crippen LogP) is 2.31. The van der Waals surface area contributed by atoms with Crippen LogP contribution in [0, 0.1) is 23.7 Å². The van der Waals surface area contributed by atoms with Crippen LogP contribution >= 0.6 is 0 Å². The van der Waals surface area contributed by atoms with Crippen LogP contribution in [-0.4, -0.2) is 46.0 Å². The van der Waals surface area contributed by atoms with E-state index in [0.717, 1.165) is 51.4 Å². The SMILES string of the molecule is O=C(N[C@@H]1CCCC[C@@H]1NC(=O)[C@@H]1CCCC[C@H]1C(=O)O)[C@H]1CCCC[C@H]1C(=O)O. The second kappa shape index (κ2) is 10.3. The molecule has 0 aromatic carbocycles. The van der Waals surface area contributed by atoms with Gasteiger partial charge in [0.15, 0.2) is 0 Å². The molecule has 8 heteroatoms. The van der Waals surface area contributed by atoms with Crippen LogP contribution in [0.15, 0.2) is 0 Å². The van der Waals surface area contributed by atoms with Gasteiger partial charge in [-0.3, -0.25) is 19.2 Å². The van der Waals surface area contributed by atoms with Crippen molar-refractivity contribution in [1.29, 1.82) is 0 Å². The lowest BCUT2D eigenvalue weighted by molar-refractivity contribution is -0.149. The fraction of sp³-hybridized carbons (Fsp3) is 0.818. The maximum atomic E-state index is 12.9. The van der Waals surface area contributed by atoms with Crippen LogP contribution in [0.2, 0.25) is 0 Å². The van der Waals surface area contributed by atoms with Crippen molar-refractivity contribution in [1.82, 2.24) is 10.6 Å². The van der Waals surface area contributed by atoms with Gasteiger partial charge in [-0.1, -0.05) is 38.5 Å². The molecule has 4 N–H and O–H groups in total. The molecule has 3 rings (SSSR count). The third kappa shape index (κ3) is 5.32. The molecule has 168 valence electrons. The van der Waals surface area contributed by atoms with Crippen molar-refractivity contribution in [2.75, 3.05) is 0 Å². The van der Waals surface area contributed by atoms with Gasteiger partial charge in [0.05, 0.1) is 23.7 Å². The van der Waals surface area contributed by atoms with Crippen LogP contribution in [0.1, 0.15) is 77.0 Å². The summed E-state index contributed by atoms with van der Waals surface area (Å²) < 4.78 is 0. The molecule has 3 saturated carbocycles. The Bertz CT molecular complexity index is 610. The lowest BCUT2D eigenvalue weighted by atomic mass is 9.77. The van der Waals surface area contributed by atoms with Gasteiger partial charge in [0, 0.05) is 12.1 Å². The lowest BCUT2D eigenvalue weighted by Crippen LogP contribution is -2.56. The van der Waals surface area contributed by atoms with Crippen LogP contribution in [-0.2, 0) is 19.2 Å². The van der Waals surface area contributed by atoms with E-state index in [1.54, 1.807) is 0 Å². The van der Waals surface area contributed by atoms with Gasteiger partial charge in [0.25, 0.3) is 0 Å². The van der Waals surface area contributed by atoms with Crippen LogP contribution in [0.3, 0.4) is 0 Å². The topological polar surface area (TPSA) is 133 Å². The van der Waals surface area contributed by atoms with Crippen LogP contribution in [0.25, 0.3) is 0 Å². The fourth-order valence-electron chi connectivity index (χ4n) is 5.54. The summed E-state index contributed by atoms with van der Waals surface area (Å²) in [6.07, 6.45) is 8.90.